The Morgan fingerprint density at radius 3 is 2.73 bits per heavy atom. The number of carbonyl (C=O) groups is 3. The van der Waals surface area contributed by atoms with Crippen LogP contribution in [0.4, 0.5) is 0 Å². The second kappa shape index (κ2) is 7.85. The molecule has 2 amide bonds. The van der Waals surface area contributed by atoms with E-state index in [0.29, 0.717) is 37.3 Å². The second-order valence-electron chi connectivity index (χ2n) is 6.04. The van der Waals surface area contributed by atoms with Crippen LogP contribution in [0.5, 0.6) is 0 Å². The first-order chi connectivity index (χ1) is 10.5. The highest BCUT2D eigenvalue weighted by molar-refractivity contribution is 7.99. The monoisotopic (exact) mass is 328 g/mol. The second-order valence-corrected chi connectivity index (χ2v) is 7.04. The first-order valence-electron chi connectivity index (χ1n) is 7.93. The van der Waals surface area contributed by atoms with Crippen molar-refractivity contribution in [2.45, 2.75) is 57.5 Å². The third-order valence-corrected chi connectivity index (χ3v) is 5.39. The predicted octanol–water partition coefficient (Wildman–Crippen LogP) is 1.45. The molecule has 7 heteroatoms. The van der Waals surface area contributed by atoms with Crippen LogP contribution in [-0.2, 0) is 14.4 Å². The van der Waals surface area contributed by atoms with Gasteiger partial charge < -0.3 is 15.3 Å². The molecule has 6 nitrogen and oxygen atoms in total. The number of thioether (sulfide) groups is 1. The number of nitrogens with one attached hydrogen (secondary N) is 1. The van der Waals surface area contributed by atoms with Crippen LogP contribution < -0.4 is 5.32 Å². The van der Waals surface area contributed by atoms with Crippen LogP contribution in [0.15, 0.2) is 0 Å². The van der Waals surface area contributed by atoms with E-state index in [0.717, 1.165) is 12.8 Å². The molecule has 2 aliphatic rings. The highest BCUT2D eigenvalue weighted by atomic mass is 32.2. The summed E-state index contributed by atoms with van der Waals surface area (Å²) in [6, 6.07) is -0.481. The molecule has 2 fully saturated rings. The summed E-state index contributed by atoms with van der Waals surface area (Å²) in [5, 5.41) is 11.9. The van der Waals surface area contributed by atoms with Gasteiger partial charge in [0, 0.05) is 18.2 Å². The van der Waals surface area contributed by atoms with Crippen LogP contribution in [0.25, 0.3) is 0 Å². The molecule has 0 aromatic carbocycles. The fraction of sp³-hybridized carbons (Fsp3) is 0.800. The lowest BCUT2D eigenvalue weighted by Gasteiger charge is -2.24. The van der Waals surface area contributed by atoms with Crippen molar-refractivity contribution >= 4 is 29.5 Å². The Morgan fingerprint density at radius 1 is 1.32 bits per heavy atom. The third kappa shape index (κ3) is 4.15. The van der Waals surface area contributed by atoms with Crippen molar-refractivity contribution in [2.75, 3.05) is 11.6 Å². The maximum Gasteiger partial charge on any atom is 0.306 e. The molecule has 0 bridgehead atoms. The number of aliphatic carboxylic acids is 1. The average molecular weight is 328 g/mol. The number of carboxylic acids is 1. The Hall–Kier alpha value is -1.24. The van der Waals surface area contributed by atoms with E-state index < -0.39 is 12.0 Å². The molecule has 1 aliphatic heterocycles. The van der Waals surface area contributed by atoms with Gasteiger partial charge in [0.1, 0.15) is 6.04 Å². The van der Waals surface area contributed by atoms with Crippen LogP contribution in [0.3, 0.4) is 0 Å². The van der Waals surface area contributed by atoms with Crippen molar-refractivity contribution in [1.29, 1.82) is 0 Å². The molecule has 1 aliphatic carbocycles. The van der Waals surface area contributed by atoms with Crippen molar-refractivity contribution in [3.8, 4) is 0 Å². The number of hydrogen-bond acceptors (Lipinski definition) is 4. The molecule has 1 heterocycles. The largest absolute Gasteiger partial charge is 0.481 e. The fourth-order valence-electron chi connectivity index (χ4n) is 3.01. The van der Waals surface area contributed by atoms with Gasteiger partial charge in [-0.15, -0.1) is 11.8 Å². The third-order valence-electron chi connectivity index (χ3n) is 4.38. The lowest BCUT2D eigenvalue weighted by molar-refractivity contribution is -0.141. The van der Waals surface area contributed by atoms with Crippen LogP contribution in [0.2, 0.25) is 0 Å². The number of carboxylic acid groups (broad SMARTS) is 1. The van der Waals surface area contributed by atoms with E-state index in [9.17, 15) is 14.4 Å². The zero-order chi connectivity index (χ0) is 16.1. The molecule has 1 unspecified atom stereocenters. The summed E-state index contributed by atoms with van der Waals surface area (Å²) in [7, 11) is 0. The lowest BCUT2D eigenvalue weighted by Crippen LogP contribution is -2.49. The molecule has 0 spiro atoms. The molecule has 1 saturated carbocycles. The van der Waals surface area contributed by atoms with Gasteiger partial charge >= 0.3 is 5.97 Å². The summed E-state index contributed by atoms with van der Waals surface area (Å²) < 4.78 is 0. The van der Waals surface area contributed by atoms with Crippen molar-refractivity contribution in [3.05, 3.63) is 0 Å². The average Bonchev–Trinajstić information content (AvgIpc) is 3.13. The van der Waals surface area contributed by atoms with E-state index in [2.05, 4.69) is 5.32 Å². The van der Waals surface area contributed by atoms with E-state index in [1.807, 2.05) is 6.92 Å². The topological polar surface area (TPSA) is 86.7 Å². The molecule has 2 rings (SSSR count). The summed E-state index contributed by atoms with van der Waals surface area (Å²) in [6.45, 7) is 2.04. The molecule has 124 valence electrons. The molecule has 2 N–H and O–H groups in total. The Morgan fingerprint density at radius 2 is 2.09 bits per heavy atom. The van der Waals surface area contributed by atoms with Crippen molar-refractivity contribution in [3.63, 3.8) is 0 Å². The number of amides is 2. The van der Waals surface area contributed by atoms with Gasteiger partial charge in [-0.25, -0.2) is 0 Å². The van der Waals surface area contributed by atoms with Crippen LogP contribution in [-0.4, -0.2) is 51.5 Å². The van der Waals surface area contributed by atoms with E-state index in [-0.39, 0.29) is 23.8 Å². The van der Waals surface area contributed by atoms with Gasteiger partial charge in [-0.3, -0.25) is 14.4 Å². The summed E-state index contributed by atoms with van der Waals surface area (Å²) in [6.07, 6.45) is 4.10. The van der Waals surface area contributed by atoms with E-state index in [1.54, 1.807) is 16.7 Å². The summed E-state index contributed by atoms with van der Waals surface area (Å²) in [5.74, 6) is -0.0373. The molecule has 0 radical (unpaired) electrons. The van der Waals surface area contributed by atoms with Gasteiger partial charge in [-0.05, 0) is 25.7 Å². The Balaban J connectivity index is 1.86. The van der Waals surface area contributed by atoms with Gasteiger partial charge in [-0.2, -0.15) is 0 Å². The zero-order valence-electron chi connectivity index (χ0n) is 12.9. The fourth-order valence-corrected chi connectivity index (χ4v) is 4.19. The number of unbranched alkanes of at least 4 members (excludes halogenated alkanes) is 1. The number of hydrogen-bond donors (Lipinski definition) is 2. The van der Waals surface area contributed by atoms with Gasteiger partial charge in [0.15, 0.2) is 0 Å². The van der Waals surface area contributed by atoms with Crippen LogP contribution in [0.1, 0.15) is 45.4 Å². The van der Waals surface area contributed by atoms with Gasteiger partial charge in [0.05, 0.1) is 11.8 Å². The smallest absolute Gasteiger partial charge is 0.306 e. The van der Waals surface area contributed by atoms with Gasteiger partial charge in [0.2, 0.25) is 11.8 Å². The van der Waals surface area contributed by atoms with Crippen LogP contribution in [0, 0.1) is 5.92 Å². The predicted molar refractivity (Wildman–Crippen MR) is 84.4 cm³/mol. The summed E-state index contributed by atoms with van der Waals surface area (Å²) in [4.78, 5) is 37.2. The SMILES string of the molecule is CCCCC(=O)N1CSCC1C(=O)N[C@@H]1CC[C@H](C(=O)O)C1. The van der Waals surface area contributed by atoms with E-state index in [4.69, 9.17) is 5.11 Å². The first kappa shape index (κ1) is 17.1. The highest BCUT2D eigenvalue weighted by Crippen LogP contribution is 2.27. The number of carbonyl (C=O) groups excluding carboxylic acids is 2. The Kier molecular flexibility index (Phi) is 6.11. The van der Waals surface area contributed by atoms with Crippen molar-refractivity contribution in [1.82, 2.24) is 10.2 Å². The Labute approximate surface area is 135 Å². The molecule has 3 atom stereocenters. The van der Waals surface area contributed by atoms with Gasteiger partial charge in [0.25, 0.3) is 0 Å². The number of rotatable bonds is 6. The minimum absolute atomic E-state index is 0.0434. The van der Waals surface area contributed by atoms with Crippen molar-refractivity contribution < 1.29 is 19.5 Å². The quantitative estimate of drug-likeness (QED) is 0.770. The number of nitrogens with zero attached hydrogens (tertiary/aromatic N) is 1. The minimum atomic E-state index is -0.787. The maximum absolute atomic E-state index is 12.4. The van der Waals surface area contributed by atoms with Crippen LogP contribution >= 0.6 is 11.8 Å². The molecular weight excluding hydrogens is 304 g/mol. The zero-order valence-corrected chi connectivity index (χ0v) is 13.7. The Bertz CT molecular complexity index is 443. The van der Waals surface area contributed by atoms with E-state index >= 15 is 0 Å². The van der Waals surface area contributed by atoms with E-state index in [1.165, 1.54) is 0 Å². The summed E-state index contributed by atoms with van der Waals surface area (Å²) >= 11 is 1.59. The molecule has 0 aromatic heterocycles. The minimum Gasteiger partial charge on any atom is -0.481 e. The standard InChI is InChI=1S/C15H24N2O4S/c1-2-3-4-13(18)17-9-22-8-12(17)14(19)16-11-6-5-10(7-11)15(20)21/h10-12H,2-9H2,1H3,(H,16,19)(H,20,21)/t10-,11+,12?/m0/s1. The summed E-state index contributed by atoms with van der Waals surface area (Å²) in [5.41, 5.74) is 0. The normalized spacial score (nSPS) is 27.9. The molecule has 22 heavy (non-hydrogen) atoms. The lowest BCUT2D eigenvalue weighted by atomic mass is 10.1. The van der Waals surface area contributed by atoms with Gasteiger partial charge in [-0.1, -0.05) is 13.3 Å². The maximum atomic E-state index is 12.4. The molecule has 1 saturated heterocycles. The highest BCUT2D eigenvalue weighted by Gasteiger charge is 2.37. The van der Waals surface area contributed by atoms with Crippen molar-refractivity contribution in [2.24, 2.45) is 5.92 Å². The molecule has 0 aromatic rings. The molecular formula is C15H24N2O4S. The first-order valence-corrected chi connectivity index (χ1v) is 9.08.